The number of hydrogen-bond donors (Lipinski definition) is 2. The van der Waals surface area contributed by atoms with E-state index in [2.05, 4.69) is 20.6 Å². The van der Waals surface area contributed by atoms with Gasteiger partial charge in [-0.25, -0.2) is 9.97 Å². The Kier molecular flexibility index (Phi) is 5.66. The molecule has 7 heteroatoms. The molecule has 0 fully saturated rings. The Hall–Kier alpha value is -3.12. The van der Waals surface area contributed by atoms with Crippen LogP contribution in [0.2, 0.25) is 5.02 Å². The average molecular weight is 369 g/mol. The highest BCUT2D eigenvalue weighted by Crippen LogP contribution is 2.18. The quantitative estimate of drug-likeness (QED) is 0.687. The van der Waals surface area contributed by atoms with Crippen molar-refractivity contribution in [2.24, 2.45) is 0 Å². The summed E-state index contributed by atoms with van der Waals surface area (Å²) in [6.07, 6.45) is 2.94. The van der Waals surface area contributed by atoms with Crippen LogP contribution in [0.3, 0.4) is 0 Å². The van der Waals surface area contributed by atoms with Crippen molar-refractivity contribution in [3.05, 3.63) is 77.1 Å². The molecule has 6 nitrogen and oxygen atoms in total. The molecular formula is C19H17ClN4O2. The maximum Gasteiger partial charge on any atom is 0.258 e. The van der Waals surface area contributed by atoms with E-state index in [1.54, 1.807) is 31.4 Å². The Labute approximate surface area is 156 Å². The van der Waals surface area contributed by atoms with Gasteiger partial charge in [0.05, 0.1) is 12.7 Å². The number of nitrogens with one attached hydrogen (secondary N) is 2. The zero-order valence-electron chi connectivity index (χ0n) is 14.1. The largest absolute Gasteiger partial charge is 0.496 e. The summed E-state index contributed by atoms with van der Waals surface area (Å²) < 4.78 is 5.31. The van der Waals surface area contributed by atoms with Crippen molar-refractivity contribution in [3.8, 4) is 5.75 Å². The number of hydrogen-bond acceptors (Lipinski definition) is 5. The molecule has 0 aliphatic rings. The van der Waals surface area contributed by atoms with Crippen molar-refractivity contribution in [2.45, 2.75) is 6.54 Å². The molecule has 0 aliphatic heterocycles. The topological polar surface area (TPSA) is 76.1 Å². The number of amides is 1. The normalized spacial score (nSPS) is 10.2. The summed E-state index contributed by atoms with van der Waals surface area (Å²) in [5.41, 5.74) is 1.95. The lowest BCUT2D eigenvalue weighted by atomic mass is 10.2. The highest BCUT2D eigenvalue weighted by atomic mass is 35.5. The van der Waals surface area contributed by atoms with E-state index in [0.29, 0.717) is 28.8 Å². The molecule has 1 amide bonds. The molecule has 0 unspecified atom stereocenters. The molecule has 0 saturated heterocycles. The summed E-state index contributed by atoms with van der Waals surface area (Å²) in [7, 11) is 1.63. The van der Waals surface area contributed by atoms with Crippen molar-refractivity contribution in [2.75, 3.05) is 17.7 Å². The number of nitrogens with zero attached hydrogens (tertiary/aromatic N) is 2. The summed E-state index contributed by atoms with van der Waals surface area (Å²) in [6.45, 7) is 0.512. The minimum Gasteiger partial charge on any atom is -0.496 e. The second-order valence-electron chi connectivity index (χ2n) is 5.43. The maximum absolute atomic E-state index is 12.2. The molecule has 3 rings (SSSR count). The number of para-hydroxylation sites is 1. The van der Waals surface area contributed by atoms with Gasteiger partial charge in [0.15, 0.2) is 0 Å². The first-order valence-corrected chi connectivity index (χ1v) is 8.28. The Balaban J connectivity index is 1.62. The summed E-state index contributed by atoms with van der Waals surface area (Å²) in [5.74, 6) is 0.913. The van der Waals surface area contributed by atoms with E-state index in [1.807, 2.05) is 24.3 Å². The van der Waals surface area contributed by atoms with Gasteiger partial charge in [0.2, 0.25) is 5.95 Å². The summed E-state index contributed by atoms with van der Waals surface area (Å²) in [6, 6.07) is 14.6. The monoisotopic (exact) mass is 368 g/mol. The molecule has 0 atom stereocenters. The van der Waals surface area contributed by atoms with E-state index >= 15 is 0 Å². The third-order valence-electron chi connectivity index (χ3n) is 3.63. The van der Waals surface area contributed by atoms with Gasteiger partial charge < -0.3 is 15.4 Å². The molecule has 0 spiro atoms. The van der Waals surface area contributed by atoms with Crippen LogP contribution in [0.15, 0.2) is 60.9 Å². The first-order chi connectivity index (χ1) is 12.7. The molecule has 132 valence electrons. The first-order valence-electron chi connectivity index (χ1n) is 7.90. The van der Waals surface area contributed by atoms with Gasteiger partial charge in [-0.05, 0) is 24.3 Å². The van der Waals surface area contributed by atoms with Crippen LogP contribution in [0.1, 0.15) is 15.9 Å². The minimum absolute atomic E-state index is 0.302. The Morgan fingerprint density at radius 1 is 1.12 bits per heavy atom. The lowest BCUT2D eigenvalue weighted by molar-refractivity contribution is 0.102. The van der Waals surface area contributed by atoms with Gasteiger partial charge >= 0.3 is 0 Å². The van der Waals surface area contributed by atoms with E-state index in [1.165, 1.54) is 12.4 Å². The average Bonchev–Trinajstić information content (AvgIpc) is 2.67. The molecular weight excluding hydrogens is 352 g/mol. The predicted molar refractivity (Wildman–Crippen MR) is 102 cm³/mol. The van der Waals surface area contributed by atoms with Crippen LogP contribution < -0.4 is 15.4 Å². The van der Waals surface area contributed by atoms with Crippen molar-refractivity contribution in [3.63, 3.8) is 0 Å². The highest BCUT2D eigenvalue weighted by Gasteiger charge is 2.08. The fourth-order valence-corrected chi connectivity index (χ4v) is 2.52. The molecule has 0 saturated carbocycles. The van der Waals surface area contributed by atoms with E-state index < -0.39 is 0 Å². The number of ether oxygens (including phenoxy) is 1. The molecule has 2 N–H and O–H groups in total. The molecule has 0 bridgehead atoms. The second-order valence-corrected chi connectivity index (χ2v) is 5.86. The third-order valence-corrected chi connectivity index (χ3v) is 3.86. The molecule has 0 radical (unpaired) electrons. The number of anilines is 2. The van der Waals surface area contributed by atoms with Gasteiger partial charge in [-0.3, -0.25) is 4.79 Å². The van der Waals surface area contributed by atoms with E-state index in [0.717, 1.165) is 11.3 Å². The van der Waals surface area contributed by atoms with Gasteiger partial charge in [0.1, 0.15) is 5.75 Å². The van der Waals surface area contributed by atoms with Crippen LogP contribution in [0.5, 0.6) is 5.75 Å². The number of benzene rings is 2. The second kappa shape index (κ2) is 8.31. The Morgan fingerprint density at radius 2 is 1.88 bits per heavy atom. The highest BCUT2D eigenvalue weighted by molar-refractivity contribution is 6.30. The molecule has 1 heterocycles. The standard InChI is InChI=1S/C19H17ClN4O2/c1-26-17-8-3-2-5-13(17)10-21-19-22-11-14(12-23-19)18(25)24-16-7-4-6-15(20)9-16/h2-9,11-12H,10H2,1H3,(H,24,25)(H,21,22,23). The van der Waals surface area contributed by atoms with Crippen LogP contribution in [0.4, 0.5) is 11.6 Å². The SMILES string of the molecule is COc1ccccc1CNc1ncc(C(=O)Nc2cccc(Cl)c2)cn1. The number of rotatable bonds is 6. The van der Waals surface area contributed by atoms with Crippen LogP contribution in [0, 0.1) is 0 Å². The molecule has 0 aliphatic carbocycles. The van der Waals surface area contributed by atoms with Crippen molar-refractivity contribution < 1.29 is 9.53 Å². The third kappa shape index (κ3) is 4.49. The lowest BCUT2D eigenvalue weighted by Gasteiger charge is -2.09. The number of carbonyl (C=O) groups is 1. The lowest BCUT2D eigenvalue weighted by Crippen LogP contribution is -2.13. The van der Waals surface area contributed by atoms with Gasteiger partial charge in [-0.1, -0.05) is 35.9 Å². The van der Waals surface area contributed by atoms with Crippen LogP contribution in [0.25, 0.3) is 0 Å². The molecule has 1 aromatic heterocycles. The predicted octanol–water partition coefficient (Wildman–Crippen LogP) is 4.00. The van der Waals surface area contributed by atoms with Gasteiger partial charge in [0, 0.05) is 35.2 Å². The van der Waals surface area contributed by atoms with Crippen molar-refractivity contribution in [1.82, 2.24) is 9.97 Å². The van der Waals surface area contributed by atoms with Crippen LogP contribution >= 0.6 is 11.6 Å². The summed E-state index contributed by atoms with van der Waals surface area (Å²) >= 11 is 5.91. The van der Waals surface area contributed by atoms with Crippen LogP contribution in [-0.4, -0.2) is 23.0 Å². The number of carbonyl (C=O) groups excluding carboxylic acids is 1. The first kappa shape index (κ1) is 17.7. The van der Waals surface area contributed by atoms with E-state index in [4.69, 9.17) is 16.3 Å². The Bertz CT molecular complexity index is 900. The summed E-state index contributed by atoms with van der Waals surface area (Å²) in [5, 5.41) is 6.41. The van der Waals surface area contributed by atoms with Crippen molar-refractivity contribution >= 4 is 29.1 Å². The molecule has 26 heavy (non-hydrogen) atoms. The maximum atomic E-state index is 12.2. The van der Waals surface area contributed by atoms with Gasteiger partial charge in [0.25, 0.3) is 5.91 Å². The van der Waals surface area contributed by atoms with E-state index in [-0.39, 0.29) is 5.91 Å². The Morgan fingerprint density at radius 3 is 2.62 bits per heavy atom. The fourth-order valence-electron chi connectivity index (χ4n) is 2.33. The molecule has 3 aromatic rings. The van der Waals surface area contributed by atoms with E-state index in [9.17, 15) is 4.79 Å². The van der Waals surface area contributed by atoms with Crippen LogP contribution in [-0.2, 0) is 6.54 Å². The smallest absolute Gasteiger partial charge is 0.258 e. The fraction of sp³-hybridized carbons (Fsp3) is 0.105. The summed E-state index contributed by atoms with van der Waals surface area (Å²) in [4.78, 5) is 20.6. The zero-order valence-corrected chi connectivity index (χ0v) is 14.8. The van der Waals surface area contributed by atoms with Crippen molar-refractivity contribution in [1.29, 1.82) is 0 Å². The number of methoxy groups -OCH3 is 1. The van der Waals surface area contributed by atoms with Gasteiger partial charge in [-0.2, -0.15) is 0 Å². The number of halogens is 1. The molecule has 2 aromatic carbocycles. The zero-order chi connectivity index (χ0) is 18.4. The van der Waals surface area contributed by atoms with Gasteiger partial charge in [-0.15, -0.1) is 0 Å². The minimum atomic E-state index is -0.302. The number of aromatic nitrogens is 2.